The second kappa shape index (κ2) is 6.97. The zero-order chi connectivity index (χ0) is 16.2. The van der Waals surface area contributed by atoms with Gasteiger partial charge in [0.2, 0.25) is 5.91 Å². The summed E-state index contributed by atoms with van der Waals surface area (Å²) < 4.78 is 0. The molecule has 23 heavy (non-hydrogen) atoms. The lowest BCUT2D eigenvalue weighted by Gasteiger charge is -2.27. The quantitative estimate of drug-likeness (QED) is 0.846. The number of aryl methyl sites for hydroxylation is 1. The van der Waals surface area contributed by atoms with Gasteiger partial charge in [-0.05, 0) is 36.6 Å². The molecular weight excluding hydrogens is 284 g/mol. The van der Waals surface area contributed by atoms with Crippen LogP contribution in [0.25, 0.3) is 0 Å². The molecule has 0 unspecified atom stereocenters. The van der Waals surface area contributed by atoms with Crippen molar-refractivity contribution in [2.45, 2.75) is 25.4 Å². The van der Waals surface area contributed by atoms with Gasteiger partial charge in [0.1, 0.15) is 0 Å². The zero-order valence-electron chi connectivity index (χ0n) is 13.9. The van der Waals surface area contributed by atoms with Crippen LogP contribution < -0.4 is 0 Å². The Kier molecular flexibility index (Phi) is 4.77. The maximum absolute atomic E-state index is 12.5. The maximum atomic E-state index is 12.5. The molecule has 1 aliphatic carbocycles. The summed E-state index contributed by atoms with van der Waals surface area (Å²) in [6, 6.07) is 19.1. The molecule has 0 fully saturated rings. The fourth-order valence-electron chi connectivity index (χ4n) is 3.38. The Labute approximate surface area is 138 Å². The lowest BCUT2D eigenvalue weighted by Crippen LogP contribution is -2.37. The van der Waals surface area contributed by atoms with Gasteiger partial charge in [-0.3, -0.25) is 9.69 Å². The van der Waals surface area contributed by atoms with Gasteiger partial charge < -0.3 is 4.90 Å². The number of carbonyl (C=O) groups is 1. The summed E-state index contributed by atoms with van der Waals surface area (Å²) in [6.07, 6.45) is 2.21. The van der Waals surface area contributed by atoms with Gasteiger partial charge in [0.15, 0.2) is 0 Å². The third-order valence-corrected chi connectivity index (χ3v) is 4.71. The van der Waals surface area contributed by atoms with Crippen molar-refractivity contribution >= 4 is 5.91 Å². The number of benzene rings is 2. The first-order chi connectivity index (χ1) is 11.1. The van der Waals surface area contributed by atoms with E-state index in [9.17, 15) is 4.79 Å². The molecule has 1 atom stereocenters. The molecule has 3 heteroatoms. The largest absolute Gasteiger partial charge is 0.340 e. The standard InChI is InChI=1S/C20H24N2O/c1-21(19-13-12-17-10-6-7-11-18(17)19)15-20(23)22(2)14-16-8-4-3-5-9-16/h3-11,19H,12-15H2,1-2H3/t19-/m1/s1. The number of hydrogen-bond donors (Lipinski definition) is 0. The SMILES string of the molecule is CN(Cc1ccccc1)C(=O)CN(C)[C@@H]1CCc2ccccc21. The van der Waals surface area contributed by atoms with E-state index in [1.54, 1.807) is 0 Å². The van der Waals surface area contributed by atoms with Crippen molar-refractivity contribution in [2.75, 3.05) is 20.6 Å². The van der Waals surface area contributed by atoms with Gasteiger partial charge in [0.05, 0.1) is 6.54 Å². The van der Waals surface area contributed by atoms with Crippen molar-refractivity contribution < 1.29 is 4.79 Å². The van der Waals surface area contributed by atoms with E-state index in [0.717, 1.165) is 18.4 Å². The molecule has 120 valence electrons. The Morgan fingerprint density at radius 1 is 1.04 bits per heavy atom. The van der Waals surface area contributed by atoms with Crippen molar-refractivity contribution in [1.82, 2.24) is 9.80 Å². The van der Waals surface area contributed by atoms with E-state index >= 15 is 0 Å². The molecule has 0 spiro atoms. The smallest absolute Gasteiger partial charge is 0.236 e. The molecule has 0 heterocycles. The molecule has 1 aliphatic rings. The monoisotopic (exact) mass is 308 g/mol. The van der Waals surface area contributed by atoms with Gasteiger partial charge in [-0.25, -0.2) is 0 Å². The minimum absolute atomic E-state index is 0.167. The van der Waals surface area contributed by atoms with Gasteiger partial charge in [-0.1, -0.05) is 54.6 Å². The van der Waals surface area contributed by atoms with E-state index in [-0.39, 0.29) is 5.91 Å². The van der Waals surface area contributed by atoms with Gasteiger partial charge >= 0.3 is 0 Å². The highest BCUT2D eigenvalue weighted by molar-refractivity contribution is 5.78. The molecule has 0 aliphatic heterocycles. The number of rotatable bonds is 5. The molecule has 0 saturated carbocycles. The van der Waals surface area contributed by atoms with E-state index in [1.807, 2.05) is 30.1 Å². The molecule has 1 amide bonds. The first-order valence-corrected chi connectivity index (χ1v) is 8.21. The second-order valence-electron chi connectivity index (χ2n) is 6.40. The van der Waals surface area contributed by atoms with Crippen LogP contribution in [0.5, 0.6) is 0 Å². The van der Waals surface area contributed by atoms with E-state index in [4.69, 9.17) is 0 Å². The summed E-state index contributed by atoms with van der Waals surface area (Å²) in [4.78, 5) is 16.5. The third-order valence-electron chi connectivity index (χ3n) is 4.71. The first-order valence-electron chi connectivity index (χ1n) is 8.21. The van der Waals surface area contributed by atoms with Crippen LogP contribution in [-0.4, -0.2) is 36.3 Å². The van der Waals surface area contributed by atoms with Crippen molar-refractivity contribution in [3.8, 4) is 0 Å². The molecule has 0 aromatic heterocycles. The Hall–Kier alpha value is -2.13. The normalized spacial score (nSPS) is 16.4. The van der Waals surface area contributed by atoms with Gasteiger partial charge in [-0.2, -0.15) is 0 Å². The summed E-state index contributed by atoms with van der Waals surface area (Å²) in [7, 11) is 3.94. The summed E-state index contributed by atoms with van der Waals surface area (Å²) in [5, 5.41) is 0. The van der Waals surface area contributed by atoms with Crippen LogP contribution >= 0.6 is 0 Å². The van der Waals surface area contributed by atoms with Crippen LogP contribution in [0.15, 0.2) is 54.6 Å². The van der Waals surface area contributed by atoms with E-state index in [2.05, 4.69) is 48.3 Å². The number of amides is 1. The minimum Gasteiger partial charge on any atom is -0.340 e. The number of carbonyl (C=O) groups excluding carboxylic acids is 1. The molecule has 2 aromatic rings. The summed E-state index contributed by atoms with van der Waals surface area (Å²) in [6.45, 7) is 1.12. The lowest BCUT2D eigenvalue weighted by atomic mass is 10.1. The van der Waals surface area contributed by atoms with Crippen LogP contribution in [0.1, 0.15) is 29.2 Å². The summed E-state index contributed by atoms with van der Waals surface area (Å²) in [5.41, 5.74) is 3.97. The lowest BCUT2D eigenvalue weighted by molar-refractivity contribution is -0.131. The average Bonchev–Trinajstić information content (AvgIpc) is 2.99. The first kappa shape index (κ1) is 15.8. The molecule has 2 aromatic carbocycles. The highest BCUT2D eigenvalue weighted by atomic mass is 16.2. The minimum atomic E-state index is 0.167. The van der Waals surface area contributed by atoms with Crippen LogP contribution in [0.2, 0.25) is 0 Å². The highest BCUT2D eigenvalue weighted by Gasteiger charge is 2.27. The van der Waals surface area contributed by atoms with Crippen molar-refractivity contribution in [2.24, 2.45) is 0 Å². The summed E-state index contributed by atoms with van der Waals surface area (Å²) in [5.74, 6) is 0.167. The molecule has 3 nitrogen and oxygen atoms in total. The predicted molar refractivity (Wildman–Crippen MR) is 93.1 cm³/mol. The number of hydrogen-bond acceptors (Lipinski definition) is 2. The van der Waals surface area contributed by atoms with Gasteiger partial charge in [0, 0.05) is 19.6 Å². The molecule has 0 N–H and O–H groups in total. The van der Waals surface area contributed by atoms with E-state index in [1.165, 1.54) is 11.1 Å². The Morgan fingerprint density at radius 3 is 2.52 bits per heavy atom. The molecule has 3 rings (SSSR count). The fraction of sp³-hybridized carbons (Fsp3) is 0.350. The molecule has 0 radical (unpaired) electrons. The van der Waals surface area contributed by atoms with Crippen molar-refractivity contribution in [3.05, 3.63) is 71.3 Å². The fourth-order valence-corrected chi connectivity index (χ4v) is 3.38. The topological polar surface area (TPSA) is 23.6 Å². The Morgan fingerprint density at radius 2 is 1.74 bits per heavy atom. The molecule has 0 saturated heterocycles. The molecular formula is C20H24N2O. The van der Waals surface area contributed by atoms with Gasteiger partial charge in [0.25, 0.3) is 0 Å². The van der Waals surface area contributed by atoms with E-state index in [0.29, 0.717) is 19.1 Å². The second-order valence-corrected chi connectivity index (χ2v) is 6.40. The molecule has 0 bridgehead atoms. The summed E-state index contributed by atoms with van der Waals surface area (Å²) >= 11 is 0. The predicted octanol–water partition coefficient (Wildman–Crippen LogP) is 3.26. The van der Waals surface area contributed by atoms with Crippen molar-refractivity contribution in [3.63, 3.8) is 0 Å². The van der Waals surface area contributed by atoms with Crippen LogP contribution in [0.4, 0.5) is 0 Å². The van der Waals surface area contributed by atoms with Crippen LogP contribution in [0.3, 0.4) is 0 Å². The van der Waals surface area contributed by atoms with E-state index < -0.39 is 0 Å². The highest BCUT2D eigenvalue weighted by Crippen LogP contribution is 2.34. The number of nitrogens with zero attached hydrogens (tertiary/aromatic N) is 2. The van der Waals surface area contributed by atoms with Crippen LogP contribution in [-0.2, 0) is 17.8 Å². The third kappa shape index (κ3) is 3.62. The number of fused-ring (bicyclic) bond motifs is 1. The zero-order valence-corrected chi connectivity index (χ0v) is 13.9. The van der Waals surface area contributed by atoms with Crippen LogP contribution in [0, 0.1) is 0 Å². The van der Waals surface area contributed by atoms with Crippen molar-refractivity contribution in [1.29, 1.82) is 0 Å². The van der Waals surface area contributed by atoms with Gasteiger partial charge in [-0.15, -0.1) is 0 Å². The maximum Gasteiger partial charge on any atom is 0.236 e. The Balaban J connectivity index is 1.59. The number of likely N-dealkylation sites (N-methyl/N-ethyl adjacent to an activating group) is 2. The Bertz CT molecular complexity index is 668. The average molecular weight is 308 g/mol.